The summed E-state index contributed by atoms with van der Waals surface area (Å²) in [6.07, 6.45) is 3.92. The van der Waals surface area contributed by atoms with E-state index in [1.165, 1.54) is 0 Å². The highest BCUT2D eigenvalue weighted by Gasteiger charge is 2.30. The fraction of sp³-hybridized carbons (Fsp3) is 0.917. The highest BCUT2D eigenvalue weighted by atomic mass is 16.5. The molecule has 2 heterocycles. The molecule has 16 heavy (non-hydrogen) atoms. The van der Waals surface area contributed by atoms with E-state index in [4.69, 9.17) is 10.5 Å². The van der Waals surface area contributed by atoms with Gasteiger partial charge in [0.25, 0.3) is 0 Å². The third-order valence-electron chi connectivity index (χ3n) is 3.75. The molecule has 0 spiro atoms. The van der Waals surface area contributed by atoms with Gasteiger partial charge < -0.3 is 15.4 Å². The smallest absolute Gasteiger partial charge is 0.225 e. The average molecular weight is 226 g/mol. The van der Waals surface area contributed by atoms with Gasteiger partial charge in [-0.2, -0.15) is 0 Å². The molecule has 3 unspecified atom stereocenters. The summed E-state index contributed by atoms with van der Waals surface area (Å²) in [4.78, 5) is 13.9. The van der Waals surface area contributed by atoms with Crippen molar-refractivity contribution in [2.24, 2.45) is 11.7 Å². The molecule has 0 aliphatic carbocycles. The molecule has 0 bridgehead atoms. The molecule has 0 aromatic carbocycles. The Morgan fingerprint density at radius 2 is 2.38 bits per heavy atom. The molecule has 2 aliphatic heterocycles. The second-order valence-corrected chi connectivity index (χ2v) is 5.09. The van der Waals surface area contributed by atoms with E-state index in [1.807, 2.05) is 11.8 Å². The summed E-state index contributed by atoms with van der Waals surface area (Å²) in [7, 11) is 0. The summed E-state index contributed by atoms with van der Waals surface area (Å²) in [6.45, 7) is 4.56. The number of amides is 1. The third kappa shape index (κ3) is 2.74. The Hall–Kier alpha value is -0.610. The number of nitrogens with zero attached hydrogens (tertiary/aromatic N) is 1. The van der Waals surface area contributed by atoms with E-state index in [1.54, 1.807) is 0 Å². The summed E-state index contributed by atoms with van der Waals surface area (Å²) in [5.41, 5.74) is 5.86. The molecule has 2 N–H and O–H groups in total. The van der Waals surface area contributed by atoms with Crippen molar-refractivity contribution in [3.63, 3.8) is 0 Å². The van der Waals surface area contributed by atoms with Gasteiger partial charge in [0.05, 0.1) is 12.5 Å². The van der Waals surface area contributed by atoms with E-state index in [2.05, 4.69) is 0 Å². The molecule has 4 nitrogen and oxygen atoms in total. The molecule has 2 saturated heterocycles. The first-order valence-electron chi connectivity index (χ1n) is 6.32. The largest absolute Gasteiger partial charge is 0.378 e. The molecule has 0 aromatic heterocycles. The van der Waals surface area contributed by atoms with Crippen molar-refractivity contribution in [1.29, 1.82) is 0 Å². The van der Waals surface area contributed by atoms with Crippen LogP contribution in [0.3, 0.4) is 0 Å². The SMILES string of the molecule is CC(N)C1CCN(C(=O)CC2CCCO2)C1. The predicted octanol–water partition coefficient (Wildman–Crippen LogP) is 0.751. The Bertz CT molecular complexity index is 249. The fourth-order valence-corrected chi connectivity index (χ4v) is 2.57. The van der Waals surface area contributed by atoms with Crippen molar-refractivity contribution in [2.75, 3.05) is 19.7 Å². The van der Waals surface area contributed by atoms with Crippen molar-refractivity contribution < 1.29 is 9.53 Å². The van der Waals surface area contributed by atoms with Gasteiger partial charge in [-0.3, -0.25) is 4.79 Å². The number of hydrogen-bond donors (Lipinski definition) is 1. The van der Waals surface area contributed by atoms with E-state index in [9.17, 15) is 4.79 Å². The Morgan fingerprint density at radius 3 is 2.94 bits per heavy atom. The number of ether oxygens (including phenoxy) is 1. The summed E-state index contributed by atoms with van der Waals surface area (Å²) in [5.74, 6) is 0.725. The fourth-order valence-electron chi connectivity index (χ4n) is 2.57. The van der Waals surface area contributed by atoms with Crippen LogP contribution >= 0.6 is 0 Å². The molecule has 0 saturated carbocycles. The Kier molecular flexibility index (Phi) is 3.82. The molecule has 0 radical (unpaired) electrons. The van der Waals surface area contributed by atoms with Crippen molar-refractivity contribution >= 4 is 5.91 Å². The second-order valence-electron chi connectivity index (χ2n) is 5.09. The maximum absolute atomic E-state index is 12.0. The molecule has 2 rings (SSSR count). The number of hydrogen-bond acceptors (Lipinski definition) is 3. The quantitative estimate of drug-likeness (QED) is 0.772. The zero-order chi connectivity index (χ0) is 11.5. The Morgan fingerprint density at radius 1 is 1.56 bits per heavy atom. The standard InChI is InChI=1S/C12H22N2O2/c1-9(13)10-4-5-14(8-10)12(15)7-11-3-2-6-16-11/h9-11H,2-8,13H2,1H3. The molecule has 4 heteroatoms. The minimum Gasteiger partial charge on any atom is -0.378 e. The van der Waals surface area contributed by atoms with E-state index in [-0.39, 0.29) is 18.1 Å². The van der Waals surface area contributed by atoms with Crippen LogP contribution in [0.4, 0.5) is 0 Å². The number of rotatable bonds is 3. The topological polar surface area (TPSA) is 55.6 Å². The van der Waals surface area contributed by atoms with Crippen LogP contribution in [-0.2, 0) is 9.53 Å². The molecule has 92 valence electrons. The number of nitrogens with two attached hydrogens (primary N) is 1. The lowest BCUT2D eigenvalue weighted by atomic mass is 10.0. The minimum absolute atomic E-state index is 0.168. The molecule has 0 aromatic rings. The first kappa shape index (κ1) is 11.9. The van der Waals surface area contributed by atoms with Crippen LogP contribution in [0.15, 0.2) is 0 Å². The van der Waals surface area contributed by atoms with E-state index in [0.717, 1.165) is 39.0 Å². The number of carbonyl (C=O) groups is 1. The molecule has 1 amide bonds. The van der Waals surface area contributed by atoms with Crippen molar-refractivity contribution in [3.05, 3.63) is 0 Å². The first-order chi connectivity index (χ1) is 7.66. The monoisotopic (exact) mass is 226 g/mol. The zero-order valence-electron chi connectivity index (χ0n) is 10.0. The Balaban J connectivity index is 1.77. The van der Waals surface area contributed by atoms with Gasteiger partial charge in [0.2, 0.25) is 5.91 Å². The van der Waals surface area contributed by atoms with Gasteiger partial charge in [0.15, 0.2) is 0 Å². The normalized spacial score (nSPS) is 32.0. The summed E-state index contributed by atoms with van der Waals surface area (Å²) in [6, 6.07) is 0.195. The van der Waals surface area contributed by atoms with Crippen molar-refractivity contribution in [2.45, 2.75) is 44.8 Å². The van der Waals surface area contributed by atoms with Crippen molar-refractivity contribution in [3.8, 4) is 0 Å². The number of carbonyl (C=O) groups excluding carboxylic acids is 1. The van der Waals surface area contributed by atoms with Gasteiger partial charge in [-0.25, -0.2) is 0 Å². The van der Waals surface area contributed by atoms with Gasteiger partial charge >= 0.3 is 0 Å². The highest BCUT2D eigenvalue weighted by Crippen LogP contribution is 2.22. The molecule has 2 fully saturated rings. The third-order valence-corrected chi connectivity index (χ3v) is 3.75. The van der Waals surface area contributed by atoms with Gasteiger partial charge in [0, 0.05) is 25.7 Å². The summed E-state index contributed by atoms with van der Waals surface area (Å²) < 4.78 is 5.49. The van der Waals surface area contributed by atoms with Gasteiger partial charge in [-0.15, -0.1) is 0 Å². The van der Waals surface area contributed by atoms with Crippen molar-refractivity contribution in [1.82, 2.24) is 4.90 Å². The maximum Gasteiger partial charge on any atom is 0.225 e. The van der Waals surface area contributed by atoms with Gasteiger partial charge in [0.1, 0.15) is 0 Å². The zero-order valence-corrected chi connectivity index (χ0v) is 10.0. The maximum atomic E-state index is 12.0. The lowest BCUT2D eigenvalue weighted by molar-refractivity contribution is -0.132. The van der Waals surface area contributed by atoms with Crippen LogP contribution in [-0.4, -0.2) is 42.6 Å². The van der Waals surface area contributed by atoms with Crippen LogP contribution in [0.2, 0.25) is 0 Å². The van der Waals surface area contributed by atoms with Crippen LogP contribution in [0, 0.1) is 5.92 Å². The first-order valence-corrected chi connectivity index (χ1v) is 6.32. The van der Waals surface area contributed by atoms with Gasteiger partial charge in [-0.05, 0) is 32.1 Å². The van der Waals surface area contributed by atoms with Crippen LogP contribution in [0.5, 0.6) is 0 Å². The molecule has 2 aliphatic rings. The molecular formula is C12H22N2O2. The number of likely N-dealkylation sites (tertiary alicyclic amines) is 1. The van der Waals surface area contributed by atoms with Crippen LogP contribution in [0.25, 0.3) is 0 Å². The summed E-state index contributed by atoms with van der Waals surface area (Å²) >= 11 is 0. The average Bonchev–Trinajstić information content (AvgIpc) is 2.86. The predicted molar refractivity (Wildman–Crippen MR) is 61.9 cm³/mol. The molecular weight excluding hydrogens is 204 g/mol. The van der Waals surface area contributed by atoms with Gasteiger partial charge in [-0.1, -0.05) is 0 Å². The Labute approximate surface area is 97.1 Å². The van der Waals surface area contributed by atoms with Crippen LogP contribution < -0.4 is 5.73 Å². The van der Waals surface area contributed by atoms with E-state index < -0.39 is 0 Å². The lowest BCUT2D eigenvalue weighted by Gasteiger charge is -2.19. The highest BCUT2D eigenvalue weighted by molar-refractivity contribution is 5.77. The minimum atomic E-state index is 0.168. The van der Waals surface area contributed by atoms with E-state index >= 15 is 0 Å². The second kappa shape index (κ2) is 5.15. The lowest BCUT2D eigenvalue weighted by Crippen LogP contribution is -2.34. The van der Waals surface area contributed by atoms with E-state index in [0.29, 0.717) is 12.3 Å². The van der Waals surface area contributed by atoms with Crippen LogP contribution in [0.1, 0.15) is 32.6 Å². The summed E-state index contributed by atoms with van der Waals surface area (Å²) in [5, 5.41) is 0. The molecule has 3 atom stereocenters.